The maximum absolute atomic E-state index is 11.0. The molecule has 0 amide bonds. The summed E-state index contributed by atoms with van der Waals surface area (Å²) < 4.78 is 5.14. The van der Waals surface area contributed by atoms with Crippen LogP contribution in [0.1, 0.15) is 12.8 Å². The molecule has 24 heavy (non-hydrogen) atoms. The van der Waals surface area contributed by atoms with Gasteiger partial charge in [-0.25, -0.2) is 4.98 Å². The maximum atomic E-state index is 11.0. The predicted octanol–water partition coefficient (Wildman–Crippen LogP) is 2.53. The first-order valence-corrected chi connectivity index (χ1v) is 7.87. The van der Waals surface area contributed by atoms with Gasteiger partial charge in [0.1, 0.15) is 11.6 Å². The summed E-state index contributed by atoms with van der Waals surface area (Å²) in [6, 6.07) is 9.37. The zero-order valence-corrected chi connectivity index (χ0v) is 13.5. The molecule has 0 atom stereocenters. The molecule has 2 heterocycles. The number of carbonyl (C=O) groups is 1. The Morgan fingerprint density at radius 2 is 1.96 bits per heavy atom. The lowest BCUT2D eigenvalue weighted by molar-refractivity contribution is -0.142. The standard InChI is InChI=1S/C17H20N4O3/c1-24-14-4-2-13(3-5-14)19-17-18-9-6-15(20-17)21-10-7-12(8-11-21)16(22)23/h2-6,9,12H,7-8,10-11H2,1H3,(H,22,23)(H,18,19,20). The number of carboxylic acid groups (broad SMARTS) is 1. The number of aromatic nitrogens is 2. The van der Waals surface area contributed by atoms with Crippen LogP contribution in [0, 0.1) is 5.92 Å². The third-order valence-corrected chi connectivity index (χ3v) is 4.16. The van der Waals surface area contributed by atoms with Crippen molar-refractivity contribution in [1.29, 1.82) is 0 Å². The molecule has 0 bridgehead atoms. The molecule has 3 rings (SSSR count). The second kappa shape index (κ2) is 7.16. The number of aliphatic carboxylic acids is 1. The van der Waals surface area contributed by atoms with Gasteiger partial charge in [0, 0.05) is 25.0 Å². The fraction of sp³-hybridized carbons (Fsp3) is 0.353. The number of hydrogen-bond donors (Lipinski definition) is 2. The van der Waals surface area contributed by atoms with E-state index in [-0.39, 0.29) is 5.92 Å². The van der Waals surface area contributed by atoms with E-state index in [9.17, 15) is 4.79 Å². The van der Waals surface area contributed by atoms with Crippen molar-refractivity contribution in [2.24, 2.45) is 5.92 Å². The maximum Gasteiger partial charge on any atom is 0.306 e. The first kappa shape index (κ1) is 16.0. The summed E-state index contributed by atoms with van der Waals surface area (Å²) in [4.78, 5) is 21.9. The van der Waals surface area contributed by atoms with Gasteiger partial charge in [0.2, 0.25) is 5.95 Å². The predicted molar refractivity (Wildman–Crippen MR) is 90.9 cm³/mol. The minimum Gasteiger partial charge on any atom is -0.497 e. The van der Waals surface area contributed by atoms with Gasteiger partial charge in [0.25, 0.3) is 0 Å². The van der Waals surface area contributed by atoms with Crippen LogP contribution in [0.5, 0.6) is 5.75 Å². The van der Waals surface area contributed by atoms with E-state index in [1.807, 2.05) is 30.3 Å². The summed E-state index contributed by atoms with van der Waals surface area (Å²) in [7, 11) is 1.63. The molecule has 0 saturated carbocycles. The molecule has 0 radical (unpaired) electrons. The lowest BCUT2D eigenvalue weighted by Gasteiger charge is -2.31. The molecule has 1 fully saturated rings. The smallest absolute Gasteiger partial charge is 0.306 e. The third kappa shape index (κ3) is 3.73. The van der Waals surface area contributed by atoms with Crippen LogP contribution in [0.25, 0.3) is 0 Å². The van der Waals surface area contributed by atoms with E-state index in [1.165, 1.54) is 0 Å². The van der Waals surface area contributed by atoms with Gasteiger partial charge in [-0.2, -0.15) is 4.98 Å². The number of rotatable bonds is 5. The Hall–Kier alpha value is -2.83. The van der Waals surface area contributed by atoms with Crippen molar-refractivity contribution >= 4 is 23.4 Å². The van der Waals surface area contributed by atoms with Gasteiger partial charge in [-0.3, -0.25) is 4.79 Å². The van der Waals surface area contributed by atoms with Crippen molar-refractivity contribution < 1.29 is 14.6 Å². The summed E-state index contributed by atoms with van der Waals surface area (Å²) in [6.07, 6.45) is 2.98. The Labute approximate surface area is 140 Å². The van der Waals surface area contributed by atoms with Crippen LogP contribution < -0.4 is 15.0 Å². The number of benzene rings is 1. The molecule has 0 spiro atoms. The Morgan fingerprint density at radius 3 is 2.58 bits per heavy atom. The highest BCUT2D eigenvalue weighted by Gasteiger charge is 2.25. The molecule has 2 aromatic rings. The molecule has 1 aromatic heterocycles. The van der Waals surface area contributed by atoms with E-state index in [0.29, 0.717) is 31.9 Å². The Bertz CT molecular complexity index is 697. The SMILES string of the molecule is COc1ccc(Nc2nccc(N3CCC(C(=O)O)CC3)n2)cc1. The lowest BCUT2D eigenvalue weighted by atomic mass is 9.97. The summed E-state index contributed by atoms with van der Waals surface area (Å²) >= 11 is 0. The van der Waals surface area contributed by atoms with Gasteiger partial charge in [0.15, 0.2) is 0 Å². The molecule has 1 aliphatic rings. The molecule has 2 N–H and O–H groups in total. The number of nitrogens with zero attached hydrogens (tertiary/aromatic N) is 3. The van der Waals surface area contributed by atoms with Gasteiger partial charge < -0.3 is 20.1 Å². The summed E-state index contributed by atoms with van der Waals surface area (Å²) in [5.41, 5.74) is 0.873. The van der Waals surface area contributed by atoms with E-state index >= 15 is 0 Å². The Kier molecular flexibility index (Phi) is 4.79. The van der Waals surface area contributed by atoms with Crippen molar-refractivity contribution in [3.8, 4) is 5.75 Å². The van der Waals surface area contributed by atoms with E-state index in [1.54, 1.807) is 13.3 Å². The molecular formula is C17H20N4O3. The molecule has 1 aromatic carbocycles. The quantitative estimate of drug-likeness (QED) is 0.872. The van der Waals surface area contributed by atoms with E-state index in [2.05, 4.69) is 20.2 Å². The van der Waals surface area contributed by atoms with E-state index in [4.69, 9.17) is 9.84 Å². The molecule has 1 saturated heterocycles. The Balaban J connectivity index is 1.66. The highest BCUT2D eigenvalue weighted by Crippen LogP contribution is 2.23. The molecule has 7 nitrogen and oxygen atoms in total. The minimum atomic E-state index is -0.709. The van der Waals surface area contributed by atoms with Crippen LogP contribution in [0.4, 0.5) is 17.5 Å². The van der Waals surface area contributed by atoms with Crippen LogP contribution in [-0.2, 0) is 4.79 Å². The highest BCUT2D eigenvalue weighted by atomic mass is 16.5. The second-order valence-corrected chi connectivity index (χ2v) is 5.69. The zero-order chi connectivity index (χ0) is 16.9. The van der Waals surface area contributed by atoms with Crippen molar-refractivity contribution in [2.45, 2.75) is 12.8 Å². The number of ether oxygens (including phenoxy) is 1. The topological polar surface area (TPSA) is 87.6 Å². The molecule has 7 heteroatoms. The molecular weight excluding hydrogens is 308 g/mol. The van der Waals surface area contributed by atoms with Crippen molar-refractivity contribution in [2.75, 3.05) is 30.4 Å². The van der Waals surface area contributed by atoms with Gasteiger partial charge >= 0.3 is 5.97 Å². The largest absolute Gasteiger partial charge is 0.497 e. The molecule has 126 valence electrons. The van der Waals surface area contributed by atoms with Crippen LogP contribution in [-0.4, -0.2) is 41.2 Å². The number of anilines is 3. The number of carboxylic acids is 1. The first-order valence-electron chi connectivity index (χ1n) is 7.87. The molecule has 0 unspecified atom stereocenters. The summed E-state index contributed by atoms with van der Waals surface area (Å²) in [5, 5.41) is 12.2. The van der Waals surface area contributed by atoms with Gasteiger partial charge in [-0.15, -0.1) is 0 Å². The van der Waals surface area contributed by atoms with Crippen molar-refractivity contribution in [3.05, 3.63) is 36.5 Å². The number of nitrogens with one attached hydrogen (secondary N) is 1. The molecule has 0 aliphatic carbocycles. The molecule has 1 aliphatic heterocycles. The van der Waals surface area contributed by atoms with Crippen LogP contribution in [0.3, 0.4) is 0 Å². The van der Waals surface area contributed by atoms with Gasteiger partial charge in [0.05, 0.1) is 13.0 Å². The van der Waals surface area contributed by atoms with Crippen LogP contribution >= 0.6 is 0 Å². The van der Waals surface area contributed by atoms with E-state index < -0.39 is 5.97 Å². The number of hydrogen-bond acceptors (Lipinski definition) is 6. The highest BCUT2D eigenvalue weighted by molar-refractivity contribution is 5.70. The third-order valence-electron chi connectivity index (χ3n) is 4.16. The number of piperidine rings is 1. The fourth-order valence-corrected chi connectivity index (χ4v) is 2.74. The normalized spacial score (nSPS) is 15.1. The lowest BCUT2D eigenvalue weighted by Crippen LogP contribution is -2.36. The fourth-order valence-electron chi connectivity index (χ4n) is 2.74. The number of methoxy groups -OCH3 is 1. The van der Waals surface area contributed by atoms with E-state index in [0.717, 1.165) is 17.3 Å². The summed E-state index contributed by atoms with van der Waals surface area (Å²) in [6.45, 7) is 1.38. The van der Waals surface area contributed by atoms with Crippen molar-refractivity contribution in [1.82, 2.24) is 9.97 Å². The monoisotopic (exact) mass is 328 g/mol. The average molecular weight is 328 g/mol. The minimum absolute atomic E-state index is 0.250. The summed E-state index contributed by atoms with van der Waals surface area (Å²) in [5.74, 6) is 1.15. The first-order chi connectivity index (χ1) is 11.7. The van der Waals surface area contributed by atoms with Crippen molar-refractivity contribution in [3.63, 3.8) is 0 Å². The second-order valence-electron chi connectivity index (χ2n) is 5.69. The van der Waals surface area contributed by atoms with Gasteiger partial charge in [-0.05, 0) is 43.2 Å². The van der Waals surface area contributed by atoms with Gasteiger partial charge in [-0.1, -0.05) is 0 Å². The van der Waals surface area contributed by atoms with Crippen LogP contribution in [0.2, 0.25) is 0 Å². The Morgan fingerprint density at radius 1 is 1.25 bits per heavy atom. The zero-order valence-electron chi connectivity index (χ0n) is 13.5. The average Bonchev–Trinajstić information content (AvgIpc) is 2.63. The van der Waals surface area contributed by atoms with Crippen LogP contribution in [0.15, 0.2) is 36.5 Å².